The summed E-state index contributed by atoms with van der Waals surface area (Å²) in [5, 5.41) is 7.64. The molecule has 1 aromatic heterocycles. The Kier molecular flexibility index (Phi) is 4.37. The van der Waals surface area contributed by atoms with Crippen LogP contribution in [0.1, 0.15) is 29.8 Å². The second-order valence-corrected chi connectivity index (χ2v) is 6.38. The summed E-state index contributed by atoms with van der Waals surface area (Å²) in [5.74, 6) is 0.691. The first kappa shape index (κ1) is 15.6. The van der Waals surface area contributed by atoms with Crippen LogP contribution < -0.4 is 5.32 Å². The van der Waals surface area contributed by atoms with Gasteiger partial charge in [-0.1, -0.05) is 18.2 Å². The fourth-order valence-corrected chi connectivity index (χ4v) is 2.72. The van der Waals surface area contributed by atoms with E-state index < -0.39 is 0 Å². The number of carbonyl (C=O) groups is 1. The fraction of sp³-hybridized carbons (Fsp3) is 0.444. The SMILES string of the molecule is Cc1nn(-c2ccccc2)c(C)c1CN(C)C(=O)NCC1CC1. The maximum Gasteiger partial charge on any atom is 0.317 e. The molecular formula is C18H24N4O. The standard InChI is InChI=1S/C18H24N4O/c1-13-17(12-21(3)18(23)19-11-15-9-10-15)14(2)22(20-13)16-7-5-4-6-8-16/h4-8,15H,9-12H2,1-3H3,(H,19,23). The van der Waals surface area contributed by atoms with Crippen molar-refractivity contribution in [3.63, 3.8) is 0 Å². The smallest absolute Gasteiger partial charge is 0.317 e. The van der Waals surface area contributed by atoms with Gasteiger partial charge in [0.15, 0.2) is 0 Å². The van der Waals surface area contributed by atoms with Gasteiger partial charge in [0.05, 0.1) is 17.9 Å². The zero-order chi connectivity index (χ0) is 16.4. The van der Waals surface area contributed by atoms with Crippen LogP contribution in [0.3, 0.4) is 0 Å². The molecule has 122 valence electrons. The molecule has 0 atom stereocenters. The predicted octanol–water partition coefficient (Wildman–Crippen LogP) is 3.04. The molecule has 1 aliphatic rings. The van der Waals surface area contributed by atoms with Crippen molar-refractivity contribution in [2.24, 2.45) is 5.92 Å². The Labute approximate surface area is 137 Å². The van der Waals surface area contributed by atoms with Gasteiger partial charge in [-0.2, -0.15) is 5.10 Å². The summed E-state index contributed by atoms with van der Waals surface area (Å²) in [5.41, 5.74) is 4.20. The van der Waals surface area contributed by atoms with E-state index in [1.165, 1.54) is 12.8 Å². The highest BCUT2D eigenvalue weighted by molar-refractivity contribution is 5.73. The number of hydrogen-bond donors (Lipinski definition) is 1. The number of aryl methyl sites for hydroxylation is 1. The Morgan fingerprint density at radius 2 is 2.00 bits per heavy atom. The lowest BCUT2D eigenvalue weighted by atomic mass is 10.2. The average molecular weight is 312 g/mol. The van der Waals surface area contributed by atoms with Gasteiger partial charge >= 0.3 is 6.03 Å². The van der Waals surface area contributed by atoms with Crippen molar-refractivity contribution in [3.8, 4) is 5.69 Å². The number of benzene rings is 1. The number of para-hydroxylation sites is 1. The molecule has 1 N–H and O–H groups in total. The van der Waals surface area contributed by atoms with Crippen LogP contribution in [0.2, 0.25) is 0 Å². The van der Waals surface area contributed by atoms with Gasteiger partial charge in [-0.25, -0.2) is 9.48 Å². The number of hydrogen-bond acceptors (Lipinski definition) is 2. The highest BCUT2D eigenvalue weighted by Gasteiger charge is 2.23. The minimum atomic E-state index is -0.0110. The summed E-state index contributed by atoms with van der Waals surface area (Å²) in [4.78, 5) is 13.9. The molecular weight excluding hydrogens is 288 g/mol. The molecule has 3 rings (SSSR count). The largest absolute Gasteiger partial charge is 0.338 e. The van der Waals surface area contributed by atoms with E-state index in [1.807, 2.05) is 49.0 Å². The maximum atomic E-state index is 12.2. The molecule has 0 unspecified atom stereocenters. The summed E-state index contributed by atoms with van der Waals surface area (Å²) in [6, 6.07) is 10.1. The topological polar surface area (TPSA) is 50.2 Å². The molecule has 1 heterocycles. The molecule has 5 nitrogen and oxygen atoms in total. The number of nitrogens with zero attached hydrogens (tertiary/aromatic N) is 3. The van der Waals surface area contributed by atoms with E-state index in [4.69, 9.17) is 0 Å². The second kappa shape index (κ2) is 6.44. The minimum Gasteiger partial charge on any atom is -0.338 e. The normalized spacial score (nSPS) is 13.9. The first-order valence-corrected chi connectivity index (χ1v) is 8.15. The van der Waals surface area contributed by atoms with E-state index in [0.29, 0.717) is 12.5 Å². The zero-order valence-electron chi connectivity index (χ0n) is 14.0. The Morgan fingerprint density at radius 1 is 1.30 bits per heavy atom. The van der Waals surface area contributed by atoms with E-state index in [2.05, 4.69) is 17.3 Å². The third-order valence-corrected chi connectivity index (χ3v) is 4.42. The predicted molar refractivity (Wildman–Crippen MR) is 90.6 cm³/mol. The van der Waals surface area contributed by atoms with Gasteiger partial charge < -0.3 is 10.2 Å². The van der Waals surface area contributed by atoms with E-state index in [-0.39, 0.29) is 6.03 Å². The molecule has 23 heavy (non-hydrogen) atoms. The van der Waals surface area contributed by atoms with Gasteiger partial charge in [-0.15, -0.1) is 0 Å². The highest BCUT2D eigenvalue weighted by atomic mass is 16.2. The highest BCUT2D eigenvalue weighted by Crippen LogP contribution is 2.27. The Bertz CT molecular complexity index is 689. The lowest BCUT2D eigenvalue weighted by molar-refractivity contribution is 0.206. The first-order chi connectivity index (χ1) is 11.1. The molecule has 1 saturated carbocycles. The Hall–Kier alpha value is -2.30. The van der Waals surface area contributed by atoms with Crippen LogP contribution in [0, 0.1) is 19.8 Å². The van der Waals surface area contributed by atoms with E-state index in [0.717, 1.165) is 29.2 Å². The molecule has 0 bridgehead atoms. The summed E-state index contributed by atoms with van der Waals surface area (Å²) >= 11 is 0. The fourth-order valence-electron chi connectivity index (χ4n) is 2.72. The Morgan fingerprint density at radius 3 is 2.65 bits per heavy atom. The number of rotatable bonds is 5. The minimum absolute atomic E-state index is 0.0110. The van der Waals surface area contributed by atoms with Crippen molar-refractivity contribution < 1.29 is 4.79 Å². The van der Waals surface area contributed by atoms with Gasteiger partial charge in [-0.05, 0) is 44.7 Å². The third-order valence-electron chi connectivity index (χ3n) is 4.42. The van der Waals surface area contributed by atoms with Crippen molar-refractivity contribution in [1.29, 1.82) is 0 Å². The van der Waals surface area contributed by atoms with Crippen molar-refractivity contribution >= 4 is 6.03 Å². The second-order valence-electron chi connectivity index (χ2n) is 6.38. The number of carbonyl (C=O) groups excluding carboxylic acids is 1. The quantitative estimate of drug-likeness (QED) is 0.922. The molecule has 2 amide bonds. The molecule has 1 fully saturated rings. The summed E-state index contributed by atoms with van der Waals surface area (Å²) in [7, 11) is 1.83. The van der Waals surface area contributed by atoms with E-state index in [1.54, 1.807) is 4.90 Å². The third kappa shape index (κ3) is 3.55. The summed E-state index contributed by atoms with van der Waals surface area (Å²) in [6.07, 6.45) is 2.48. The van der Waals surface area contributed by atoms with Crippen molar-refractivity contribution in [2.45, 2.75) is 33.2 Å². The first-order valence-electron chi connectivity index (χ1n) is 8.15. The van der Waals surface area contributed by atoms with Crippen LogP contribution in [0.5, 0.6) is 0 Å². The van der Waals surface area contributed by atoms with Crippen LogP contribution in [-0.4, -0.2) is 34.3 Å². The van der Waals surface area contributed by atoms with Crippen molar-refractivity contribution in [2.75, 3.05) is 13.6 Å². The molecule has 1 aliphatic carbocycles. The van der Waals surface area contributed by atoms with Gasteiger partial charge in [0.1, 0.15) is 0 Å². The number of nitrogens with one attached hydrogen (secondary N) is 1. The molecule has 0 saturated heterocycles. The van der Waals surface area contributed by atoms with Crippen LogP contribution in [0.4, 0.5) is 4.79 Å². The summed E-state index contributed by atoms with van der Waals surface area (Å²) < 4.78 is 1.95. The van der Waals surface area contributed by atoms with Gasteiger partial charge in [0.25, 0.3) is 0 Å². The molecule has 0 radical (unpaired) electrons. The van der Waals surface area contributed by atoms with Gasteiger partial charge in [0, 0.05) is 24.8 Å². The monoisotopic (exact) mass is 312 g/mol. The van der Waals surface area contributed by atoms with Crippen LogP contribution >= 0.6 is 0 Å². The van der Waals surface area contributed by atoms with Crippen LogP contribution in [-0.2, 0) is 6.54 Å². The van der Waals surface area contributed by atoms with Gasteiger partial charge in [0.2, 0.25) is 0 Å². The molecule has 5 heteroatoms. The Balaban J connectivity index is 1.72. The molecule has 0 spiro atoms. The van der Waals surface area contributed by atoms with Crippen LogP contribution in [0.25, 0.3) is 5.69 Å². The van der Waals surface area contributed by atoms with Crippen molar-refractivity contribution in [1.82, 2.24) is 20.0 Å². The van der Waals surface area contributed by atoms with E-state index in [9.17, 15) is 4.79 Å². The van der Waals surface area contributed by atoms with Crippen LogP contribution in [0.15, 0.2) is 30.3 Å². The van der Waals surface area contributed by atoms with E-state index >= 15 is 0 Å². The average Bonchev–Trinajstić information content (AvgIpc) is 3.35. The number of aromatic nitrogens is 2. The molecule has 1 aromatic carbocycles. The number of amides is 2. The molecule has 2 aromatic rings. The summed E-state index contributed by atoms with van der Waals surface area (Å²) in [6.45, 7) is 5.42. The molecule has 0 aliphatic heterocycles. The number of urea groups is 1. The maximum absolute atomic E-state index is 12.2. The zero-order valence-corrected chi connectivity index (χ0v) is 14.0. The van der Waals surface area contributed by atoms with Gasteiger partial charge in [-0.3, -0.25) is 0 Å². The van der Waals surface area contributed by atoms with Crippen molar-refractivity contribution in [3.05, 3.63) is 47.3 Å². The lowest BCUT2D eigenvalue weighted by Gasteiger charge is -2.18. The lowest BCUT2D eigenvalue weighted by Crippen LogP contribution is -2.38.